The molecule has 0 atom stereocenters. The van der Waals surface area contributed by atoms with E-state index in [0.717, 1.165) is 16.5 Å². The van der Waals surface area contributed by atoms with Gasteiger partial charge in [0.15, 0.2) is 6.61 Å². The summed E-state index contributed by atoms with van der Waals surface area (Å²) in [7, 11) is 0. The Balaban J connectivity index is 1.45. The van der Waals surface area contributed by atoms with Gasteiger partial charge in [-0.15, -0.1) is 11.3 Å². The van der Waals surface area contributed by atoms with Gasteiger partial charge in [-0.2, -0.15) is 0 Å². The quantitative estimate of drug-likeness (QED) is 0.242. The molecule has 0 radical (unpaired) electrons. The Morgan fingerprint density at radius 1 is 1.05 bits per heavy atom. The maximum absolute atomic E-state index is 12.6. The Labute approximate surface area is 222 Å². The Bertz CT molecular complexity index is 1340. The largest absolute Gasteiger partial charge is 0.462 e. The van der Waals surface area contributed by atoms with Crippen molar-refractivity contribution in [2.75, 3.05) is 49.7 Å². The van der Waals surface area contributed by atoms with E-state index in [1.165, 1.54) is 23.5 Å². The predicted octanol–water partition coefficient (Wildman–Crippen LogP) is 4.13. The fraction of sp³-hybridized carbons (Fsp3) is 0.269. The number of nitro benzene ring substituents is 1. The van der Waals surface area contributed by atoms with Crippen LogP contribution in [-0.4, -0.2) is 62.3 Å². The zero-order valence-corrected chi connectivity index (χ0v) is 21.3. The topological polar surface area (TPSA) is 137 Å². The summed E-state index contributed by atoms with van der Waals surface area (Å²) in [6, 6.07) is 15.0. The zero-order valence-electron chi connectivity index (χ0n) is 20.5. The van der Waals surface area contributed by atoms with Crippen LogP contribution >= 0.6 is 11.3 Å². The first-order valence-corrected chi connectivity index (χ1v) is 12.6. The Morgan fingerprint density at radius 3 is 2.47 bits per heavy atom. The van der Waals surface area contributed by atoms with Crippen LogP contribution in [-0.2, 0) is 19.0 Å². The molecule has 2 aromatic carbocycles. The summed E-state index contributed by atoms with van der Waals surface area (Å²) >= 11 is 1.18. The van der Waals surface area contributed by atoms with Crippen LogP contribution in [0, 0.1) is 10.1 Å². The highest BCUT2D eigenvalue weighted by Crippen LogP contribution is 2.36. The van der Waals surface area contributed by atoms with Gasteiger partial charge in [0.05, 0.1) is 35.9 Å². The average molecular weight is 540 g/mol. The van der Waals surface area contributed by atoms with E-state index >= 15 is 0 Å². The lowest BCUT2D eigenvalue weighted by Gasteiger charge is -2.28. The number of hydrogen-bond donors (Lipinski definition) is 1. The Morgan fingerprint density at radius 2 is 1.79 bits per heavy atom. The molecule has 1 aliphatic rings. The molecule has 0 bridgehead atoms. The van der Waals surface area contributed by atoms with Gasteiger partial charge in [-0.3, -0.25) is 14.9 Å². The molecule has 0 spiro atoms. The Hall–Kier alpha value is -4.29. The van der Waals surface area contributed by atoms with Gasteiger partial charge in [-0.25, -0.2) is 9.59 Å². The van der Waals surface area contributed by atoms with Crippen molar-refractivity contribution in [3.63, 3.8) is 0 Å². The van der Waals surface area contributed by atoms with Gasteiger partial charge in [-0.05, 0) is 30.7 Å². The number of morpholine rings is 1. The maximum atomic E-state index is 12.6. The molecular formula is C26H25N3O8S. The number of carbonyl (C=O) groups excluding carboxylic acids is 3. The average Bonchev–Trinajstić information content (AvgIpc) is 3.36. The van der Waals surface area contributed by atoms with E-state index in [-0.39, 0.29) is 28.4 Å². The SMILES string of the molecule is CCOC(=O)c1cc(-c2ccccc2)sc1NC(=O)COC(=O)c1ccc(N2CCOCC2)c([N+](=O)[O-])c1. The molecule has 1 N–H and O–H groups in total. The van der Waals surface area contributed by atoms with Crippen LogP contribution < -0.4 is 10.2 Å². The summed E-state index contributed by atoms with van der Waals surface area (Å²) in [5.41, 5.74) is 1.13. The predicted molar refractivity (Wildman–Crippen MR) is 141 cm³/mol. The standard InChI is InChI=1S/C26H25N3O8S/c1-2-36-26(32)19-15-22(17-6-4-3-5-7-17)38-24(19)27-23(30)16-37-25(31)18-8-9-20(21(14-18)29(33)34)28-10-12-35-13-11-28/h3-9,14-15H,2,10-13,16H2,1H3,(H,27,30). The summed E-state index contributed by atoms with van der Waals surface area (Å²) < 4.78 is 15.5. The summed E-state index contributed by atoms with van der Waals surface area (Å²) in [4.78, 5) is 51.3. The van der Waals surface area contributed by atoms with Gasteiger partial charge in [0, 0.05) is 24.0 Å². The zero-order chi connectivity index (χ0) is 27.1. The normalized spacial score (nSPS) is 13.0. The van der Waals surface area contributed by atoms with Crippen LogP contribution in [0.2, 0.25) is 0 Å². The third-order valence-corrected chi connectivity index (χ3v) is 6.73. The number of rotatable bonds is 9. The Kier molecular flexibility index (Phi) is 8.66. The first kappa shape index (κ1) is 26.8. The second kappa shape index (κ2) is 12.3. The molecule has 11 nitrogen and oxygen atoms in total. The fourth-order valence-corrected chi connectivity index (χ4v) is 4.90. The molecular weight excluding hydrogens is 514 g/mol. The number of amides is 1. The van der Waals surface area contributed by atoms with E-state index in [1.54, 1.807) is 13.0 Å². The van der Waals surface area contributed by atoms with Crippen LogP contribution in [0.15, 0.2) is 54.6 Å². The van der Waals surface area contributed by atoms with Crippen molar-refractivity contribution in [1.29, 1.82) is 0 Å². The molecule has 198 valence electrons. The lowest BCUT2D eigenvalue weighted by molar-refractivity contribution is -0.384. The monoisotopic (exact) mass is 539 g/mol. The second-order valence-electron chi connectivity index (χ2n) is 8.12. The van der Waals surface area contributed by atoms with Crippen molar-refractivity contribution in [1.82, 2.24) is 0 Å². The highest BCUT2D eigenvalue weighted by atomic mass is 32.1. The third kappa shape index (κ3) is 6.33. The number of esters is 2. The molecule has 12 heteroatoms. The van der Waals surface area contributed by atoms with Crippen LogP contribution in [0.25, 0.3) is 10.4 Å². The summed E-state index contributed by atoms with van der Waals surface area (Å²) in [6.45, 7) is 3.07. The molecule has 0 aliphatic carbocycles. The summed E-state index contributed by atoms with van der Waals surface area (Å²) in [5, 5.41) is 14.5. The number of nitrogens with one attached hydrogen (secondary N) is 1. The van der Waals surface area contributed by atoms with E-state index in [9.17, 15) is 24.5 Å². The molecule has 1 saturated heterocycles. The van der Waals surface area contributed by atoms with Crippen molar-refractivity contribution in [2.45, 2.75) is 6.92 Å². The lowest BCUT2D eigenvalue weighted by Crippen LogP contribution is -2.36. The van der Waals surface area contributed by atoms with Gasteiger partial charge in [-0.1, -0.05) is 30.3 Å². The van der Waals surface area contributed by atoms with E-state index in [4.69, 9.17) is 14.2 Å². The number of nitro groups is 1. The minimum atomic E-state index is -0.890. The number of hydrogen-bond acceptors (Lipinski definition) is 10. The molecule has 4 rings (SSSR count). The molecule has 0 saturated carbocycles. The van der Waals surface area contributed by atoms with Crippen LogP contribution in [0.5, 0.6) is 0 Å². The highest BCUT2D eigenvalue weighted by Gasteiger charge is 2.25. The van der Waals surface area contributed by atoms with Gasteiger partial charge in [0.2, 0.25) is 0 Å². The highest BCUT2D eigenvalue weighted by molar-refractivity contribution is 7.20. The molecule has 1 aliphatic heterocycles. The lowest BCUT2D eigenvalue weighted by atomic mass is 10.1. The smallest absolute Gasteiger partial charge is 0.341 e. The van der Waals surface area contributed by atoms with Crippen molar-refractivity contribution in [2.24, 2.45) is 0 Å². The first-order chi connectivity index (χ1) is 18.4. The molecule has 1 aromatic heterocycles. The van der Waals surface area contributed by atoms with E-state index < -0.39 is 29.4 Å². The second-order valence-corrected chi connectivity index (χ2v) is 9.18. The number of anilines is 2. The first-order valence-electron chi connectivity index (χ1n) is 11.8. The number of benzene rings is 2. The molecule has 1 fully saturated rings. The molecule has 1 amide bonds. The molecule has 2 heterocycles. The van der Waals surface area contributed by atoms with Crippen LogP contribution in [0.3, 0.4) is 0 Å². The van der Waals surface area contributed by atoms with E-state index in [1.807, 2.05) is 35.2 Å². The summed E-state index contributed by atoms with van der Waals surface area (Å²) in [6.07, 6.45) is 0. The van der Waals surface area contributed by atoms with Crippen molar-refractivity contribution < 1.29 is 33.5 Å². The van der Waals surface area contributed by atoms with E-state index in [2.05, 4.69) is 5.32 Å². The minimum Gasteiger partial charge on any atom is -0.462 e. The van der Waals surface area contributed by atoms with Gasteiger partial charge in [0.1, 0.15) is 10.7 Å². The van der Waals surface area contributed by atoms with Gasteiger partial charge in [0.25, 0.3) is 11.6 Å². The van der Waals surface area contributed by atoms with Gasteiger partial charge >= 0.3 is 11.9 Å². The van der Waals surface area contributed by atoms with Crippen LogP contribution in [0.1, 0.15) is 27.6 Å². The van der Waals surface area contributed by atoms with E-state index in [0.29, 0.717) is 32.0 Å². The van der Waals surface area contributed by atoms with Crippen molar-refractivity contribution in [3.8, 4) is 10.4 Å². The maximum Gasteiger partial charge on any atom is 0.341 e. The van der Waals surface area contributed by atoms with Crippen LogP contribution in [0.4, 0.5) is 16.4 Å². The molecule has 0 unspecified atom stereocenters. The minimum absolute atomic E-state index is 0.0591. The number of ether oxygens (including phenoxy) is 3. The molecule has 38 heavy (non-hydrogen) atoms. The number of carbonyl (C=O) groups is 3. The fourth-order valence-electron chi connectivity index (χ4n) is 3.83. The van der Waals surface area contributed by atoms with Crippen molar-refractivity contribution in [3.05, 3.63) is 75.8 Å². The summed E-state index contributed by atoms with van der Waals surface area (Å²) in [5.74, 6) is -2.16. The van der Waals surface area contributed by atoms with Crippen molar-refractivity contribution >= 4 is 45.6 Å². The van der Waals surface area contributed by atoms with Gasteiger partial charge < -0.3 is 24.4 Å². The number of thiophene rings is 1. The third-order valence-electron chi connectivity index (χ3n) is 5.63. The number of nitrogens with zero attached hydrogens (tertiary/aromatic N) is 2. The molecule has 3 aromatic rings.